The Bertz CT molecular complexity index is 333. The summed E-state index contributed by atoms with van der Waals surface area (Å²) in [5.74, 6) is -0.758. The number of ether oxygens (including phenoxy) is 1. The molecule has 0 radical (unpaired) electrons. The van der Waals surface area contributed by atoms with E-state index in [0.717, 1.165) is 6.26 Å². The van der Waals surface area contributed by atoms with Gasteiger partial charge in [0.05, 0.1) is 12.4 Å². The number of carbonyl (C=O) groups is 1. The van der Waals surface area contributed by atoms with Crippen molar-refractivity contribution in [3.8, 4) is 0 Å². The van der Waals surface area contributed by atoms with Crippen molar-refractivity contribution in [1.82, 2.24) is 0 Å². The third kappa shape index (κ3) is 6.62. The molecule has 0 spiro atoms. The zero-order chi connectivity index (χ0) is 12.1. The summed E-state index contributed by atoms with van der Waals surface area (Å²) >= 11 is 0. The van der Waals surface area contributed by atoms with Crippen LogP contribution in [0.5, 0.6) is 0 Å². The van der Waals surface area contributed by atoms with E-state index in [1.807, 2.05) is 0 Å². The SMILES string of the molecule is CCOC(=O)C(C)S(=O)CCS(C)(=O)=O. The van der Waals surface area contributed by atoms with Gasteiger partial charge in [0.2, 0.25) is 0 Å². The largest absolute Gasteiger partial charge is 0.465 e. The van der Waals surface area contributed by atoms with Gasteiger partial charge >= 0.3 is 5.97 Å². The molecule has 0 aliphatic carbocycles. The second-order valence-electron chi connectivity index (χ2n) is 3.11. The zero-order valence-electron chi connectivity index (χ0n) is 9.06. The Kier molecular flexibility index (Phi) is 6.04. The van der Waals surface area contributed by atoms with Crippen molar-refractivity contribution in [3.05, 3.63) is 0 Å². The summed E-state index contributed by atoms with van der Waals surface area (Å²) in [7, 11) is -4.63. The minimum atomic E-state index is -3.14. The van der Waals surface area contributed by atoms with Crippen molar-refractivity contribution < 1.29 is 22.2 Å². The Balaban J connectivity index is 4.16. The first-order chi connectivity index (χ1) is 6.78. The average Bonchev–Trinajstić information content (AvgIpc) is 2.12. The first-order valence-corrected chi connectivity index (χ1v) is 7.93. The topological polar surface area (TPSA) is 77.5 Å². The smallest absolute Gasteiger partial charge is 0.321 e. The van der Waals surface area contributed by atoms with E-state index in [9.17, 15) is 17.4 Å². The molecule has 15 heavy (non-hydrogen) atoms. The van der Waals surface area contributed by atoms with Crippen LogP contribution in [0.4, 0.5) is 0 Å². The fraction of sp³-hybridized carbons (Fsp3) is 0.875. The number of carbonyl (C=O) groups excluding carboxylic acids is 1. The molecule has 0 heterocycles. The van der Waals surface area contributed by atoms with Crippen LogP contribution in [-0.4, -0.2) is 48.2 Å². The molecule has 0 aliphatic rings. The van der Waals surface area contributed by atoms with Crippen molar-refractivity contribution in [3.63, 3.8) is 0 Å². The minimum absolute atomic E-state index is 0.0290. The van der Waals surface area contributed by atoms with Gasteiger partial charge in [0.1, 0.15) is 15.1 Å². The van der Waals surface area contributed by atoms with E-state index in [4.69, 9.17) is 0 Å². The summed E-state index contributed by atoms with van der Waals surface area (Å²) in [5, 5.41) is -0.772. The second-order valence-corrected chi connectivity index (χ2v) is 7.25. The zero-order valence-corrected chi connectivity index (χ0v) is 10.7. The van der Waals surface area contributed by atoms with Crippen molar-refractivity contribution in [2.24, 2.45) is 0 Å². The number of sulfone groups is 1. The van der Waals surface area contributed by atoms with E-state index in [2.05, 4.69) is 4.74 Å². The highest BCUT2D eigenvalue weighted by Gasteiger charge is 2.21. The van der Waals surface area contributed by atoms with Crippen molar-refractivity contribution in [2.75, 3.05) is 24.4 Å². The van der Waals surface area contributed by atoms with Crippen LogP contribution in [0.15, 0.2) is 0 Å². The van der Waals surface area contributed by atoms with Gasteiger partial charge in [-0.15, -0.1) is 0 Å². The van der Waals surface area contributed by atoms with Crippen LogP contribution < -0.4 is 0 Å². The summed E-state index contributed by atoms with van der Waals surface area (Å²) < 4.78 is 37.7. The molecule has 0 aromatic rings. The average molecular weight is 256 g/mol. The summed E-state index contributed by atoms with van der Waals surface area (Å²) in [6.07, 6.45) is 1.07. The fourth-order valence-electron chi connectivity index (χ4n) is 0.777. The Labute approximate surface area is 92.6 Å². The number of hydrogen-bond donors (Lipinski definition) is 0. The van der Waals surface area contributed by atoms with Crippen LogP contribution in [0.1, 0.15) is 13.8 Å². The lowest BCUT2D eigenvalue weighted by Gasteiger charge is -2.09. The standard InChI is InChI=1S/C8H16O5S2/c1-4-13-8(9)7(2)14(10)5-6-15(3,11)12/h7H,4-6H2,1-3H3. The summed E-state index contributed by atoms with van der Waals surface area (Å²) in [6, 6.07) is 0. The van der Waals surface area contributed by atoms with Gasteiger partial charge in [-0.25, -0.2) is 8.42 Å². The Morgan fingerprint density at radius 3 is 2.40 bits per heavy atom. The molecule has 0 saturated heterocycles. The Morgan fingerprint density at radius 1 is 1.47 bits per heavy atom. The molecular weight excluding hydrogens is 240 g/mol. The van der Waals surface area contributed by atoms with Crippen LogP contribution in [0.3, 0.4) is 0 Å². The third-order valence-electron chi connectivity index (χ3n) is 1.67. The Hall–Kier alpha value is -0.430. The molecule has 0 bridgehead atoms. The van der Waals surface area contributed by atoms with E-state index in [1.165, 1.54) is 6.92 Å². The maximum Gasteiger partial charge on any atom is 0.321 e. The maximum absolute atomic E-state index is 11.5. The van der Waals surface area contributed by atoms with Crippen LogP contribution in [0, 0.1) is 0 Å². The minimum Gasteiger partial charge on any atom is -0.465 e. The second kappa shape index (κ2) is 6.22. The predicted octanol–water partition coefficient (Wildman–Crippen LogP) is -0.269. The van der Waals surface area contributed by atoms with E-state index in [1.54, 1.807) is 6.92 Å². The summed E-state index contributed by atoms with van der Waals surface area (Å²) in [4.78, 5) is 11.1. The number of hydrogen-bond acceptors (Lipinski definition) is 5. The third-order valence-corrected chi connectivity index (χ3v) is 4.46. The highest BCUT2D eigenvalue weighted by atomic mass is 32.2. The Morgan fingerprint density at radius 2 is 2.00 bits per heavy atom. The van der Waals surface area contributed by atoms with Crippen LogP contribution >= 0.6 is 0 Å². The number of rotatable bonds is 6. The van der Waals surface area contributed by atoms with Crippen molar-refractivity contribution >= 4 is 26.6 Å². The lowest BCUT2D eigenvalue weighted by Crippen LogP contribution is -2.28. The van der Waals surface area contributed by atoms with Gasteiger partial charge in [0.15, 0.2) is 0 Å². The molecule has 5 nitrogen and oxygen atoms in total. The van der Waals surface area contributed by atoms with Gasteiger partial charge in [-0.3, -0.25) is 9.00 Å². The van der Waals surface area contributed by atoms with Gasteiger partial charge in [-0.05, 0) is 13.8 Å². The molecule has 0 aromatic heterocycles. The quantitative estimate of drug-likeness (QED) is 0.611. The molecule has 0 amide bonds. The molecule has 2 atom stereocenters. The van der Waals surface area contributed by atoms with Crippen LogP contribution in [-0.2, 0) is 30.2 Å². The van der Waals surface area contributed by atoms with E-state index in [-0.39, 0.29) is 18.1 Å². The molecule has 0 rings (SSSR count). The van der Waals surface area contributed by atoms with Crippen LogP contribution in [0.2, 0.25) is 0 Å². The molecular formula is C8H16O5S2. The monoisotopic (exact) mass is 256 g/mol. The summed E-state index contributed by atoms with van der Waals surface area (Å²) in [6.45, 7) is 3.35. The normalized spacial score (nSPS) is 15.7. The first kappa shape index (κ1) is 14.6. The molecule has 90 valence electrons. The lowest BCUT2D eigenvalue weighted by atomic mass is 10.5. The number of esters is 1. The predicted molar refractivity (Wildman–Crippen MR) is 58.8 cm³/mol. The lowest BCUT2D eigenvalue weighted by molar-refractivity contribution is -0.142. The van der Waals surface area contributed by atoms with E-state index < -0.39 is 31.9 Å². The molecule has 0 aliphatic heterocycles. The highest BCUT2D eigenvalue weighted by molar-refractivity contribution is 7.92. The molecule has 0 N–H and O–H groups in total. The molecule has 7 heteroatoms. The molecule has 0 saturated carbocycles. The van der Waals surface area contributed by atoms with Gasteiger partial charge in [-0.1, -0.05) is 0 Å². The fourth-order valence-corrected chi connectivity index (χ4v) is 3.28. The van der Waals surface area contributed by atoms with E-state index >= 15 is 0 Å². The molecule has 0 fully saturated rings. The van der Waals surface area contributed by atoms with Gasteiger partial charge in [0, 0.05) is 22.8 Å². The van der Waals surface area contributed by atoms with Gasteiger partial charge in [-0.2, -0.15) is 0 Å². The van der Waals surface area contributed by atoms with Gasteiger partial charge < -0.3 is 4.74 Å². The van der Waals surface area contributed by atoms with Crippen molar-refractivity contribution in [2.45, 2.75) is 19.1 Å². The van der Waals surface area contributed by atoms with E-state index in [0.29, 0.717) is 0 Å². The van der Waals surface area contributed by atoms with Crippen LogP contribution in [0.25, 0.3) is 0 Å². The first-order valence-electron chi connectivity index (χ1n) is 4.49. The van der Waals surface area contributed by atoms with Crippen molar-refractivity contribution in [1.29, 1.82) is 0 Å². The summed E-state index contributed by atoms with van der Waals surface area (Å²) in [5.41, 5.74) is 0. The molecule has 0 aromatic carbocycles. The highest BCUT2D eigenvalue weighted by Crippen LogP contribution is 2.00. The molecule has 2 unspecified atom stereocenters. The maximum atomic E-state index is 11.5. The van der Waals surface area contributed by atoms with Gasteiger partial charge in [0.25, 0.3) is 0 Å².